The van der Waals surface area contributed by atoms with Crippen LogP contribution in [-0.4, -0.2) is 31.2 Å². The lowest BCUT2D eigenvalue weighted by molar-refractivity contribution is -0.137. The molecule has 6 nitrogen and oxygen atoms in total. The van der Waals surface area contributed by atoms with Crippen molar-refractivity contribution in [3.05, 3.63) is 45.6 Å². The number of benzene rings is 1. The molecule has 0 aliphatic carbocycles. The van der Waals surface area contributed by atoms with E-state index >= 15 is 0 Å². The van der Waals surface area contributed by atoms with Crippen LogP contribution in [0.25, 0.3) is 15.9 Å². The Morgan fingerprint density at radius 2 is 2.07 bits per heavy atom. The molecule has 0 saturated heterocycles. The van der Waals surface area contributed by atoms with E-state index in [0.29, 0.717) is 10.8 Å². The Morgan fingerprint density at radius 3 is 2.80 bits per heavy atom. The number of thioether (sulfide) groups is 1. The SMILES string of the molecule is Cc1sc2ncn3c(SCC(=O)Nc4cc(C(F)(F)F)ccc4Cl)nnc3c2c1C. The van der Waals surface area contributed by atoms with Gasteiger partial charge in [-0.3, -0.25) is 9.20 Å². The number of rotatable bonds is 4. The number of anilines is 1. The highest BCUT2D eigenvalue weighted by atomic mass is 35.5. The molecule has 1 amide bonds. The van der Waals surface area contributed by atoms with Crippen LogP contribution in [0, 0.1) is 13.8 Å². The minimum absolute atomic E-state index is 0.0178. The Balaban J connectivity index is 1.52. The number of halogens is 4. The van der Waals surface area contributed by atoms with Gasteiger partial charge in [0.2, 0.25) is 5.91 Å². The normalized spacial score (nSPS) is 12.1. The maximum absolute atomic E-state index is 12.9. The number of hydrogen-bond donors (Lipinski definition) is 1. The maximum Gasteiger partial charge on any atom is 0.416 e. The number of aromatic nitrogens is 4. The topological polar surface area (TPSA) is 72.2 Å². The number of alkyl halides is 3. The minimum Gasteiger partial charge on any atom is -0.324 e. The third-order valence-corrected chi connectivity index (χ3v) is 6.83. The zero-order valence-electron chi connectivity index (χ0n) is 15.5. The van der Waals surface area contributed by atoms with Crippen LogP contribution in [0.3, 0.4) is 0 Å². The van der Waals surface area contributed by atoms with E-state index in [2.05, 4.69) is 20.5 Å². The molecule has 0 bridgehead atoms. The fourth-order valence-corrected chi connectivity index (χ4v) is 4.70. The second-order valence-corrected chi connectivity index (χ2v) is 8.97. The Kier molecular flexibility index (Phi) is 5.37. The Hall–Kier alpha value is -2.37. The van der Waals surface area contributed by atoms with E-state index in [1.807, 2.05) is 13.8 Å². The van der Waals surface area contributed by atoms with Crippen molar-refractivity contribution in [2.24, 2.45) is 0 Å². The zero-order valence-corrected chi connectivity index (χ0v) is 17.9. The molecule has 156 valence electrons. The highest BCUT2D eigenvalue weighted by Gasteiger charge is 2.31. The van der Waals surface area contributed by atoms with Crippen molar-refractivity contribution in [3.8, 4) is 0 Å². The Morgan fingerprint density at radius 1 is 1.30 bits per heavy atom. The van der Waals surface area contributed by atoms with Crippen LogP contribution in [-0.2, 0) is 11.0 Å². The van der Waals surface area contributed by atoms with Gasteiger partial charge >= 0.3 is 6.18 Å². The molecule has 0 aliphatic heterocycles. The second-order valence-electron chi connectivity index (χ2n) is 6.41. The van der Waals surface area contributed by atoms with Gasteiger partial charge in [0.1, 0.15) is 11.2 Å². The molecule has 1 aromatic carbocycles. The Labute approximate surface area is 181 Å². The van der Waals surface area contributed by atoms with Crippen molar-refractivity contribution in [3.63, 3.8) is 0 Å². The first-order valence-electron chi connectivity index (χ1n) is 8.54. The average Bonchev–Trinajstić information content (AvgIpc) is 3.21. The summed E-state index contributed by atoms with van der Waals surface area (Å²) >= 11 is 8.58. The number of carbonyl (C=O) groups is 1. The van der Waals surface area contributed by atoms with Crippen molar-refractivity contribution in [1.82, 2.24) is 19.6 Å². The summed E-state index contributed by atoms with van der Waals surface area (Å²) in [6.45, 7) is 4.00. The third kappa shape index (κ3) is 3.84. The number of aryl methyl sites for hydroxylation is 2. The van der Waals surface area contributed by atoms with Crippen LogP contribution in [0.5, 0.6) is 0 Å². The van der Waals surface area contributed by atoms with Crippen LogP contribution in [0.15, 0.2) is 29.7 Å². The van der Waals surface area contributed by atoms with Gasteiger partial charge < -0.3 is 5.32 Å². The third-order valence-electron chi connectivity index (χ3n) is 4.45. The van der Waals surface area contributed by atoms with Gasteiger partial charge in [-0.25, -0.2) is 4.98 Å². The molecule has 0 spiro atoms. The van der Waals surface area contributed by atoms with E-state index in [-0.39, 0.29) is 16.5 Å². The van der Waals surface area contributed by atoms with Gasteiger partial charge in [0.25, 0.3) is 0 Å². The number of nitrogens with zero attached hydrogens (tertiary/aromatic N) is 4. The number of hydrogen-bond acceptors (Lipinski definition) is 6. The largest absolute Gasteiger partial charge is 0.416 e. The van der Waals surface area contributed by atoms with Gasteiger partial charge in [0, 0.05) is 4.88 Å². The highest BCUT2D eigenvalue weighted by molar-refractivity contribution is 7.99. The molecular weight excluding hydrogens is 459 g/mol. The number of carbonyl (C=O) groups excluding carboxylic acids is 1. The van der Waals surface area contributed by atoms with E-state index in [0.717, 1.165) is 50.6 Å². The molecular formula is C18H13ClF3N5OS2. The van der Waals surface area contributed by atoms with Gasteiger partial charge in [-0.1, -0.05) is 23.4 Å². The van der Waals surface area contributed by atoms with Gasteiger partial charge in [-0.05, 0) is 37.6 Å². The predicted molar refractivity (Wildman–Crippen MR) is 111 cm³/mol. The molecule has 3 heterocycles. The number of fused-ring (bicyclic) bond motifs is 3. The molecule has 1 N–H and O–H groups in total. The second kappa shape index (κ2) is 7.71. The summed E-state index contributed by atoms with van der Waals surface area (Å²) < 4.78 is 40.3. The van der Waals surface area contributed by atoms with Crippen LogP contribution in [0.1, 0.15) is 16.0 Å². The number of amides is 1. The summed E-state index contributed by atoms with van der Waals surface area (Å²) in [6.07, 6.45) is -2.94. The van der Waals surface area contributed by atoms with E-state index in [1.165, 1.54) is 0 Å². The zero-order chi connectivity index (χ0) is 21.6. The summed E-state index contributed by atoms with van der Waals surface area (Å²) in [4.78, 5) is 18.7. The first-order chi connectivity index (χ1) is 14.1. The van der Waals surface area contributed by atoms with E-state index in [1.54, 1.807) is 22.1 Å². The Bertz CT molecular complexity index is 1280. The summed E-state index contributed by atoms with van der Waals surface area (Å²) in [7, 11) is 0. The summed E-state index contributed by atoms with van der Waals surface area (Å²) in [5, 5.41) is 12.1. The molecule has 30 heavy (non-hydrogen) atoms. The van der Waals surface area contributed by atoms with Gasteiger partial charge in [-0.15, -0.1) is 21.5 Å². The molecule has 0 fully saturated rings. The lowest BCUT2D eigenvalue weighted by Crippen LogP contribution is -2.15. The molecule has 12 heteroatoms. The predicted octanol–water partition coefficient (Wildman–Crippen LogP) is 5.36. The maximum atomic E-state index is 12.9. The van der Waals surface area contributed by atoms with Crippen LogP contribution in [0.4, 0.5) is 18.9 Å². The lowest BCUT2D eigenvalue weighted by atomic mass is 10.2. The molecule has 3 aromatic heterocycles. The van der Waals surface area contributed by atoms with E-state index in [9.17, 15) is 18.0 Å². The molecule has 0 unspecified atom stereocenters. The fourth-order valence-electron chi connectivity index (χ4n) is 2.84. The lowest BCUT2D eigenvalue weighted by Gasteiger charge is -2.11. The average molecular weight is 472 g/mol. The van der Waals surface area contributed by atoms with Crippen molar-refractivity contribution in [1.29, 1.82) is 0 Å². The van der Waals surface area contributed by atoms with Gasteiger partial charge in [0.05, 0.1) is 27.4 Å². The molecule has 0 atom stereocenters. The molecule has 0 saturated carbocycles. The smallest absolute Gasteiger partial charge is 0.324 e. The van der Waals surface area contributed by atoms with Crippen molar-refractivity contribution in [2.45, 2.75) is 25.2 Å². The van der Waals surface area contributed by atoms with Crippen molar-refractivity contribution in [2.75, 3.05) is 11.1 Å². The first-order valence-corrected chi connectivity index (χ1v) is 10.7. The fraction of sp³-hybridized carbons (Fsp3) is 0.222. The molecule has 0 radical (unpaired) electrons. The van der Waals surface area contributed by atoms with Gasteiger partial charge in [-0.2, -0.15) is 13.2 Å². The van der Waals surface area contributed by atoms with Gasteiger partial charge in [0.15, 0.2) is 10.8 Å². The van der Waals surface area contributed by atoms with E-state index in [4.69, 9.17) is 11.6 Å². The highest BCUT2D eigenvalue weighted by Crippen LogP contribution is 2.34. The minimum atomic E-state index is -4.53. The number of nitrogens with one attached hydrogen (secondary N) is 1. The van der Waals surface area contributed by atoms with Crippen LogP contribution >= 0.6 is 34.7 Å². The summed E-state index contributed by atoms with van der Waals surface area (Å²) in [6, 6.07) is 2.76. The summed E-state index contributed by atoms with van der Waals surface area (Å²) in [5.74, 6) is -0.609. The van der Waals surface area contributed by atoms with Crippen LogP contribution in [0.2, 0.25) is 5.02 Å². The van der Waals surface area contributed by atoms with Crippen LogP contribution < -0.4 is 5.32 Å². The molecule has 4 aromatic rings. The van der Waals surface area contributed by atoms with Crippen molar-refractivity contribution >= 4 is 62.2 Å². The number of thiophene rings is 1. The monoisotopic (exact) mass is 471 g/mol. The molecule has 4 rings (SSSR count). The van der Waals surface area contributed by atoms with Crippen molar-refractivity contribution < 1.29 is 18.0 Å². The van der Waals surface area contributed by atoms with E-state index < -0.39 is 17.6 Å². The first kappa shape index (κ1) is 20.9. The quantitative estimate of drug-likeness (QED) is 0.406. The standard InChI is InChI=1S/C18H13ClF3N5OS2/c1-8-9(2)30-16-14(8)15-25-26-17(27(15)7-23-16)29-6-13(28)24-12-5-10(18(20,21)22)3-4-11(12)19/h3-5,7H,6H2,1-2H3,(H,24,28). The molecule has 0 aliphatic rings. The summed E-state index contributed by atoms with van der Waals surface area (Å²) in [5.41, 5.74) is 0.727.